The highest BCUT2D eigenvalue weighted by atomic mass is 35.5. The van der Waals surface area contributed by atoms with Gasteiger partial charge in [0.2, 0.25) is 0 Å². The first-order chi connectivity index (χ1) is 8.24. The van der Waals surface area contributed by atoms with Gasteiger partial charge >= 0.3 is 0 Å². The Morgan fingerprint density at radius 1 is 1.24 bits per heavy atom. The molecule has 0 bridgehead atoms. The first-order valence-corrected chi connectivity index (χ1v) is 5.52. The summed E-state index contributed by atoms with van der Waals surface area (Å²) < 4.78 is 13.0. The molecule has 0 aliphatic heterocycles. The summed E-state index contributed by atoms with van der Waals surface area (Å²) in [5.41, 5.74) is 1.70. The highest BCUT2D eigenvalue weighted by Gasteiger charge is 1.99. The zero-order valence-corrected chi connectivity index (χ0v) is 9.78. The fourth-order valence-electron chi connectivity index (χ4n) is 1.47. The average Bonchev–Trinajstić information content (AvgIpc) is 2.29. The highest BCUT2D eigenvalue weighted by Crippen LogP contribution is 2.13. The van der Waals surface area contributed by atoms with Gasteiger partial charge in [-0.2, -0.15) is 0 Å². The van der Waals surface area contributed by atoms with E-state index in [4.69, 9.17) is 11.6 Å². The molecule has 1 N–H and O–H groups in total. The van der Waals surface area contributed by atoms with E-state index in [-0.39, 0.29) is 5.82 Å². The van der Waals surface area contributed by atoms with Crippen molar-refractivity contribution in [1.82, 2.24) is 15.3 Å². The van der Waals surface area contributed by atoms with Crippen LogP contribution < -0.4 is 5.32 Å². The van der Waals surface area contributed by atoms with Crippen LogP contribution in [-0.4, -0.2) is 9.97 Å². The fraction of sp³-hybridized carbons (Fsp3) is 0.167. The van der Waals surface area contributed by atoms with E-state index in [0.29, 0.717) is 18.1 Å². The van der Waals surface area contributed by atoms with Gasteiger partial charge in [-0.3, -0.25) is 0 Å². The predicted octanol–water partition coefficient (Wildman–Crippen LogP) is 2.56. The molecule has 1 aromatic carbocycles. The lowest BCUT2D eigenvalue weighted by Gasteiger charge is -2.05. The molecule has 0 amide bonds. The Balaban J connectivity index is 1.90. The smallest absolute Gasteiger partial charge is 0.125 e. The second kappa shape index (κ2) is 5.70. The van der Waals surface area contributed by atoms with Crippen molar-refractivity contribution in [1.29, 1.82) is 0 Å². The van der Waals surface area contributed by atoms with Crippen LogP contribution >= 0.6 is 11.6 Å². The molecule has 17 heavy (non-hydrogen) atoms. The molecule has 0 radical (unpaired) electrons. The largest absolute Gasteiger partial charge is 0.307 e. The maximum absolute atomic E-state index is 13.0. The van der Waals surface area contributed by atoms with Crippen molar-refractivity contribution >= 4 is 11.6 Å². The molecule has 0 fully saturated rings. The van der Waals surface area contributed by atoms with E-state index in [9.17, 15) is 4.39 Å². The van der Waals surface area contributed by atoms with Gasteiger partial charge in [0.05, 0.1) is 5.69 Å². The summed E-state index contributed by atoms with van der Waals surface area (Å²) in [6.45, 7) is 1.15. The van der Waals surface area contributed by atoms with E-state index in [1.54, 1.807) is 12.3 Å². The van der Waals surface area contributed by atoms with Crippen LogP contribution in [0.5, 0.6) is 0 Å². The van der Waals surface area contributed by atoms with Gasteiger partial charge in [-0.05, 0) is 29.8 Å². The highest BCUT2D eigenvalue weighted by molar-refractivity contribution is 6.30. The first kappa shape index (κ1) is 12.0. The second-order valence-electron chi connectivity index (χ2n) is 3.58. The van der Waals surface area contributed by atoms with E-state index in [0.717, 1.165) is 11.3 Å². The van der Waals surface area contributed by atoms with Crippen molar-refractivity contribution in [2.24, 2.45) is 0 Å². The number of hydrogen-bond acceptors (Lipinski definition) is 3. The minimum absolute atomic E-state index is 0.323. The predicted molar refractivity (Wildman–Crippen MR) is 64.0 cm³/mol. The van der Waals surface area contributed by atoms with Crippen LogP contribution in [0.4, 0.5) is 4.39 Å². The summed E-state index contributed by atoms with van der Waals surface area (Å²) in [5, 5.41) is 3.56. The minimum atomic E-state index is -0.323. The summed E-state index contributed by atoms with van der Waals surface area (Å²) in [4.78, 5) is 7.90. The second-order valence-corrected chi connectivity index (χ2v) is 4.02. The third-order valence-corrected chi connectivity index (χ3v) is 2.42. The van der Waals surface area contributed by atoms with E-state index in [1.807, 2.05) is 6.07 Å². The zero-order chi connectivity index (χ0) is 12.1. The van der Waals surface area contributed by atoms with Crippen LogP contribution in [0.3, 0.4) is 0 Å². The standard InChI is InChI=1S/C12H11ClFN3/c13-10-3-9(4-11(14)5-10)6-16-7-12-1-2-15-8-17-12/h1-5,8,16H,6-7H2. The number of nitrogens with zero attached hydrogens (tertiary/aromatic N) is 2. The van der Waals surface area contributed by atoms with Gasteiger partial charge in [0.15, 0.2) is 0 Å². The van der Waals surface area contributed by atoms with Gasteiger partial charge in [0.1, 0.15) is 12.1 Å². The molecule has 0 atom stereocenters. The minimum Gasteiger partial charge on any atom is -0.307 e. The Bertz CT molecular complexity index is 470. The van der Waals surface area contributed by atoms with Crippen molar-refractivity contribution in [3.05, 3.63) is 58.9 Å². The molecule has 2 aromatic rings. The molecular weight excluding hydrogens is 241 g/mol. The molecule has 88 valence electrons. The molecule has 1 aromatic heterocycles. The first-order valence-electron chi connectivity index (χ1n) is 5.14. The molecule has 0 saturated heterocycles. The molecule has 1 heterocycles. The van der Waals surface area contributed by atoms with Gasteiger partial charge in [0.25, 0.3) is 0 Å². The fourth-order valence-corrected chi connectivity index (χ4v) is 1.71. The van der Waals surface area contributed by atoms with Gasteiger partial charge in [-0.25, -0.2) is 14.4 Å². The number of hydrogen-bond donors (Lipinski definition) is 1. The summed E-state index contributed by atoms with van der Waals surface area (Å²) in [5.74, 6) is -0.323. The van der Waals surface area contributed by atoms with Crippen molar-refractivity contribution in [3.8, 4) is 0 Å². The normalized spacial score (nSPS) is 10.5. The van der Waals surface area contributed by atoms with Crippen molar-refractivity contribution in [2.75, 3.05) is 0 Å². The quantitative estimate of drug-likeness (QED) is 0.908. The van der Waals surface area contributed by atoms with Crippen LogP contribution in [0, 0.1) is 5.82 Å². The third-order valence-electron chi connectivity index (χ3n) is 2.20. The van der Waals surface area contributed by atoms with Crippen LogP contribution in [0.25, 0.3) is 0 Å². The molecule has 3 nitrogen and oxygen atoms in total. The van der Waals surface area contributed by atoms with Crippen molar-refractivity contribution < 1.29 is 4.39 Å². The molecular formula is C12H11ClFN3. The van der Waals surface area contributed by atoms with E-state index in [1.165, 1.54) is 18.5 Å². The van der Waals surface area contributed by atoms with Crippen LogP contribution in [0.1, 0.15) is 11.3 Å². The maximum Gasteiger partial charge on any atom is 0.125 e. The Morgan fingerprint density at radius 3 is 2.82 bits per heavy atom. The van der Waals surface area contributed by atoms with E-state index in [2.05, 4.69) is 15.3 Å². The lowest BCUT2D eigenvalue weighted by molar-refractivity contribution is 0.619. The maximum atomic E-state index is 13.0. The van der Waals surface area contributed by atoms with Crippen LogP contribution in [0.15, 0.2) is 36.8 Å². The number of aromatic nitrogens is 2. The van der Waals surface area contributed by atoms with Gasteiger partial charge < -0.3 is 5.32 Å². The monoisotopic (exact) mass is 251 g/mol. The van der Waals surface area contributed by atoms with Gasteiger partial charge in [-0.15, -0.1) is 0 Å². The van der Waals surface area contributed by atoms with Crippen molar-refractivity contribution in [3.63, 3.8) is 0 Å². The number of halogens is 2. The third kappa shape index (κ3) is 3.76. The van der Waals surface area contributed by atoms with Gasteiger partial charge in [-0.1, -0.05) is 11.6 Å². The summed E-state index contributed by atoms with van der Waals surface area (Å²) in [7, 11) is 0. The Morgan fingerprint density at radius 2 is 2.12 bits per heavy atom. The summed E-state index contributed by atoms with van der Waals surface area (Å²) in [6, 6.07) is 6.30. The Labute approximate surface area is 104 Å². The molecule has 2 rings (SSSR count). The molecule has 0 saturated carbocycles. The van der Waals surface area contributed by atoms with E-state index >= 15 is 0 Å². The molecule has 0 aliphatic rings. The Hall–Kier alpha value is -1.52. The molecule has 0 unspecified atom stereocenters. The topological polar surface area (TPSA) is 37.8 Å². The lowest BCUT2D eigenvalue weighted by atomic mass is 10.2. The van der Waals surface area contributed by atoms with Crippen LogP contribution in [-0.2, 0) is 13.1 Å². The number of benzene rings is 1. The molecule has 5 heteroatoms. The zero-order valence-electron chi connectivity index (χ0n) is 9.03. The summed E-state index contributed by atoms with van der Waals surface area (Å²) >= 11 is 5.76. The van der Waals surface area contributed by atoms with Gasteiger partial charge in [0, 0.05) is 24.3 Å². The number of rotatable bonds is 4. The van der Waals surface area contributed by atoms with Crippen LogP contribution in [0.2, 0.25) is 5.02 Å². The average molecular weight is 252 g/mol. The lowest BCUT2D eigenvalue weighted by Crippen LogP contribution is -2.13. The number of nitrogens with one attached hydrogen (secondary N) is 1. The van der Waals surface area contributed by atoms with Crippen molar-refractivity contribution in [2.45, 2.75) is 13.1 Å². The summed E-state index contributed by atoms with van der Waals surface area (Å²) in [6.07, 6.45) is 3.18. The van der Waals surface area contributed by atoms with E-state index < -0.39 is 0 Å². The molecule has 0 spiro atoms. The Kier molecular flexibility index (Phi) is 4.01. The SMILES string of the molecule is Fc1cc(Cl)cc(CNCc2ccncn2)c1. The molecule has 0 aliphatic carbocycles.